The molecule has 82 valence electrons. The lowest BCUT2D eigenvalue weighted by atomic mass is 10.1. The van der Waals surface area contributed by atoms with E-state index in [0.29, 0.717) is 0 Å². The van der Waals surface area contributed by atoms with Gasteiger partial charge in [-0.05, 0) is 18.6 Å². The van der Waals surface area contributed by atoms with E-state index in [1.807, 2.05) is 0 Å². The second-order valence-electron chi connectivity index (χ2n) is 3.49. The molecule has 2 nitrogen and oxygen atoms in total. The molecule has 0 N–H and O–H groups in total. The topological polar surface area (TPSA) is 20.3 Å². The molecular formula is C11H13F2NO. The van der Waals surface area contributed by atoms with Crippen LogP contribution in [0.15, 0.2) is 18.2 Å². The van der Waals surface area contributed by atoms with Crippen LogP contribution in [0, 0.1) is 11.6 Å². The summed E-state index contributed by atoms with van der Waals surface area (Å²) in [4.78, 5) is 12.6. The highest BCUT2D eigenvalue weighted by Gasteiger charge is 2.11. The summed E-state index contributed by atoms with van der Waals surface area (Å²) in [5, 5.41) is 0. The summed E-state index contributed by atoms with van der Waals surface area (Å²) in [6.07, 6.45) is 0.209. The van der Waals surface area contributed by atoms with Gasteiger partial charge in [0.1, 0.15) is 11.6 Å². The number of rotatable bonds is 3. The van der Waals surface area contributed by atoms with Crippen molar-refractivity contribution in [3.63, 3.8) is 0 Å². The van der Waals surface area contributed by atoms with E-state index in [1.165, 1.54) is 23.1 Å². The van der Waals surface area contributed by atoms with Gasteiger partial charge in [0, 0.05) is 26.1 Å². The van der Waals surface area contributed by atoms with E-state index in [4.69, 9.17) is 0 Å². The van der Waals surface area contributed by atoms with E-state index in [-0.39, 0.29) is 24.3 Å². The molecule has 0 saturated heterocycles. The molecule has 0 aliphatic rings. The lowest BCUT2D eigenvalue weighted by Gasteiger charge is -2.10. The molecule has 1 amide bonds. The molecule has 0 atom stereocenters. The summed E-state index contributed by atoms with van der Waals surface area (Å²) >= 11 is 0. The maximum absolute atomic E-state index is 13.1. The van der Waals surface area contributed by atoms with Gasteiger partial charge in [-0.3, -0.25) is 4.79 Å². The second-order valence-corrected chi connectivity index (χ2v) is 3.49. The lowest BCUT2D eigenvalue weighted by Crippen LogP contribution is -2.22. The van der Waals surface area contributed by atoms with Gasteiger partial charge in [-0.2, -0.15) is 0 Å². The van der Waals surface area contributed by atoms with Gasteiger partial charge in [-0.1, -0.05) is 6.07 Å². The molecule has 0 unspecified atom stereocenters. The van der Waals surface area contributed by atoms with E-state index in [2.05, 4.69) is 0 Å². The number of hydrogen-bond donors (Lipinski definition) is 0. The monoisotopic (exact) mass is 213 g/mol. The fourth-order valence-corrected chi connectivity index (χ4v) is 1.23. The third kappa shape index (κ3) is 3.01. The summed E-state index contributed by atoms with van der Waals surface area (Å²) in [5.74, 6) is -1.33. The van der Waals surface area contributed by atoms with Gasteiger partial charge in [-0.15, -0.1) is 0 Å². The molecule has 1 aromatic rings. The minimum Gasteiger partial charge on any atom is -0.349 e. The zero-order valence-corrected chi connectivity index (χ0v) is 8.76. The third-order valence-corrected chi connectivity index (χ3v) is 2.15. The lowest BCUT2D eigenvalue weighted by molar-refractivity contribution is -0.128. The van der Waals surface area contributed by atoms with Gasteiger partial charge in [0.15, 0.2) is 0 Å². The Hall–Kier alpha value is -1.45. The molecule has 0 spiro atoms. The third-order valence-electron chi connectivity index (χ3n) is 2.15. The van der Waals surface area contributed by atoms with Crippen LogP contribution in [0.1, 0.15) is 12.0 Å². The van der Waals surface area contributed by atoms with Gasteiger partial charge in [-0.25, -0.2) is 8.78 Å². The first-order valence-electron chi connectivity index (χ1n) is 4.65. The SMILES string of the molecule is CN(C)C(=O)CCc1c(F)cccc1F. The Morgan fingerprint density at radius 3 is 2.27 bits per heavy atom. The highest BCUT2D eigenvalue weighted by atomic mass is 19.1. The van der Waals surface area contributed by atoms with Crippen LogP contribution >= 0.6 is 0 Å². The van der Waals surface area contributed by atoms with Crippen LogP contribution < -0.4 is 0 Å². The van der Waals surface area contributed by atoms with Crippen LogP contribution in [0.4, 0.5) is 8.78 Å². The highest BCUT2D eigenvalue weighted by molar-refractivity contribution is 5.75. The zero-order chi connectivity index (χ0) is 11.4. The van der Waals surface area contributed by atoms with Crippen molar-refractivity contribution in [1.82, 2.24) is 4.90 Å². The number of halogens is 2. The number of benzene rings is 1. The van der Waals surface area contributed by atoms with Gasteiger partial charge < -0.3 is 4.90 Å². The van der Waals surface area contributed by atoms with Gasteiger partial charge in [0.25, 0.3) is 0 Å². The molecule has 0 aliphatic carbocycles. The number of hydrogen-bond acceptors (Lipinski definition) is 1. The van der Waals surface area contributed by atoms with E-state index < -0.39 is 11.6 Å². The highest BCUT2D eigenvalue weighted by Crippen LogP contribution is 2.14. The fourth-order valence-electron chi connectivity index (χ4n) is 1.23. The van der Waals surface area contributed by atoms with Gasteiger partial charge in [0.2, 0.25) is 5.91 Å². The summed E-state index contributed by atoms with van der Waals surface area (Å²) in [5.41, 5.74) is -0.0206. The van der Waals surface area contributed by atoms with Crippen molar-refractivity contribution < 1.29 is 13.6 Å². The van der Waals surface area contributed by atoms with E-state index >= 15 is 0 Å². The van der Waals surface area contributed by atoms with Crippen molar-refractivity contribution in [1.29, 1.82) is 0 Å². The van der Waals surface area contributed by atoms with Crippen molar-refractivity contribution in [3.8, 4) is 0 Å². The maximum Gasteiger partial charge on any atom is 0.222 e. The Morgan fingerprint density at radius 2 is 1.80 bits per heavy atom. The predicted molar refractivity (Wildman–Crippen MR) is 53.4 cm³/mol. The summed E-state index contributed by atoms with van der Waals surface area (Å²) in [6.45, 7) is 0. The van der Waals surface area contributed by atoms with Crippen LogP contribution in [0.25, 0.3) is 0 Å². The van der Waals surface area contributed by atoms with Gasteiger partial charge in [0.05, 0.1) is 0 Å². The number of amides is 1. The molecule has 0 bridgehead atoms. The smallest absolute Gasteiger partial charge is 0.222 e. The van der Waals surface area contributed by atoms with E-state index in [0.717, 1.165) is 0 Å². The molecule has 0 saturated carbocycles. The largest absolute Gasteiger partial charge is 0.349 e. The number of nitrogens with zero attached hydrogens (tertiary/aromatic N) is 1. The van der Waals surface area contributed by atoms with Crippen molar-refractivity contribution in [2.75, 3.05) is 14.1 Å². The molecule has 1 rings (SSSR count). The Bertz CT molecular complexity index is 343. The standard InChI is InChI=1S/C11H13F2NO/c1-14(2)11(15)7-6-8-9(12)4-3-5-10(8)13/h3-5H,6-7H2,1-2H3. The molecule has 1 aromatic carbocycles. The average molecular weight is 213 g/mol. The molecule has 0 radical (unpaired) electrons. The van der Waals surface area contributed by atoms with Crippen LogP contribution in [-0.4, -0.2) is 24.9 Å². The molecule has 15 heavy (non-hydrogen) atoms. The van der Waals surface area contributed by atoms with Crippen LogP contribution in [0.5, 0.6) is 0 Å². The quantitative estimate of drug-likeness (QED) is 0.751. The molecule has 4 heteroatoms. The van der Waals surface area contributed by atoms with Gasteiger partial charge >= 0.3 is 0 Å². The first-order chi connectivity index (χ1) is 7.02. The Labute approximate surface area is 87.5 Å². The number of carbonyl (C=O) groups excluding carboxylic acids is 1. The first kappa shape index (κ1) is 11.6. The van der Waals surface area contributed by atoms with Crippen molar-refractivity contribution in [2.45, 2.75) is 12.8 Å². The van der Waals surface area contributed by atoms with Crippen molar-refractivity contribution in [3.05, 3.63) is 35.4 Å². The molecule has 0 aliphatic heterocycles. The Morgan fingerprint density at radius 1 is 1.27 bits per heavy atom. The number of carbonyl (C=O) groups is 1. The summed E-state index contributed by atoms with van der Waals surface area (Å²) in [6, 6.07) is 3.69. The predicted octanol–water partition coefficient (Wildman–Crippen LogP) is 1.99. The zero-order valence-electron chi connectivity index (χ0n) is 8.76. The van der Waals surface area contributed by atoms with Crippen LogP contribution in [-0.2, 0) is 11.2 Å². The Balaban J connectivity index is 2.69. The average Bonchev–Trinajstić information content (AvgIpc) is 2.16. The first-order valence-corrected chi connectivity index (χ1v) is 4.65. The van der Waals surface area contributed by atoms with Crippen LogP contribution in [0.3, 0.4) is 0 Å². The van der Waals surface area contributed by atoms with E-state index in [1.54, 1.807) is 14.1 Å². The molecular weight excluding hydrogens is 200 g/mol. The molecule has 0 fully saturated rings. The fraction of sp³-hybridized carbons (Fsp3) is 0.364. The van der Waals surface area contributed by atoms with Crippen LogP contribution in [0.2, 0.25) is 0 Å². The minimum atomic E-state index is -0.596. The summed E-state index contributed by atoms with van der Waals surface area (Å²) < 4.78 is 26.3. The maximum atomic E-state index is 13.1. The van der Waals surface area contributed by atoms with Crippen molar-refractivity contribution >= 4 is 5.91 Å². The molecule has 0 heterocycles. The second kappa shape index (κ2) is 4.87. The minimum absolute atomic E-state index is 0.0206. The van der Waals surface area contributed by atoms with E-state index in [9.17, 15) is 13.6 Å². The normalized spacial score (nSPS) is 10.1. The van der Waals surface area contributed by atoms with Crippen molar-refractivity contribution in [2.24, 2.45) is 0 Å². The summed E-state index contributed by atoms with van der Waals surface area (Å²) in [7, 11) is 3.22. The molecule has 0 aromatic heterocycles. The Kier molecular flexibility index (Phi) is 3.77.